The Kier molecular flexibility index (Phi) is 8.26. The Labute approximate surface area is 133 Å². The van der Waals surface area contributed by atoms with Crippen LogP contribution in [0.15, 0.2) is 24.3 Å². The first-order valence-electron chi connectivity index (χ1n) is 8.21. The van der Waals surface area contributed by atoms with Crippen molar-refractivity contribution in [2.45, 2.75) is 46.5 Å². The fourth-order valence-electron chi connectivity index (χ4n) is 2.24. The van der Waals surface area contributed by atoms with E-state index >= 15 is 0 Å². The summed E-state index contributed by atoms with van der Waals surface area (Å²) in [5, 5.41) is 0. The van der Waals surface area contributed by atoms with Gasteiger partial charge in [-0.3, -0.25) is 4.79 Å². The van der Waals surface area contributed by atoms with Crippen molar-refractivity contribution in [3.8, 4) is 0 Å². The third-order valence-corrected chi connectivity index (χ3v) is 3.50. The Hall–Kier alpha value is -1.84. The van der Waals surface area contributed by atoms with E-state index in [0.29, 0.717) is 17.7 Å². The van der Waals surface area contributed by atoms with Crippen LogP contribution in [0.25, 0.3) is 0 Å². The van der Waals surface area contributed by atoms with E-state index in [0.717, 1.165) is 38.8 Å². The molecule has 1 aromatic rings. The quantitative estimate of drug-likeness (QED) is 0.650. The number of ether oxygens (including phenoxy) is 1. The molecule has 22 heavy (non-hydrogen) atoms. The minimum Gasteiger partial charge on any atom is -0.462 e. The molecule has 0 aromatic heterocycles. The van der Waals surface area contributed by atoms with Gasteiger partial charge in [0.15, 0.2) is 0 Å². The predicted molar refractivity (Wildman–Crippen MR) is 88.1 cm³/mol. The van der Waals surface area contributed by atoms with E-state index in [1.165, 1.54) is 0 Å². The maximum Gasteiger partial charge on any atom is 0.338 e. The molecule has 0 bridgehead atoms. The molecule has 1 amide bonds. The Balaban J connectivity index is 2.99. The molecule has 0 N–H and O–H groups in total. The average Bonchev–Trinajstić information content (AvgIpc) is 2.54. The van der Waals surface area contributed by atoms with Crippen molar-refractivity contribution < 1.29 is 14.3 Å². The van der Waals surface area contributed by atoms with E-state index in [-0.39, 0.29) is 5.91 Å². The second-order valence-electron chi connectivity index (χ2n) is 5.27. The lowest BCUT2D eigenvalue weighted by Gasteiger charge is -2.23. The third kappa shape index (κ3) is 5.17. The van der Waals surface area contributed by atoms with Crippen LogP contribution < -0.4 is 0 Å². The zero-order chi connectivity index (χ0) is 16.4. The Morgan fingerprint density at radius 2 is 1.50 bits per heavy atom. The summed E-state index contributed by atoms with van der Waals surface area (Å²) in [6.45, 7) is 7.73. The van der Waals surface area contributed by atoms with E-state index in [4.69, 9.17) is 4.74 Å². The predicted octanol–water partition coefficient (Wildman–Crippen LogP) is 3.91. The largest absolute Gasteiger partial charge is 0.462 e. The van der Waals surface area contributed by atoms with E-state index in [1.807, 2.05) is 4.90 Å². The van der Waals surface area contributed by atoms with Crippen molar-refractivity contribution in [3.05, 3.63) is 35.4 Å². The van der Waals surface area contributed by atoms with Gasteiger partial charge >= 0.3 is 5.97 Å². The van der Waals surface area contributed by atoms with E-state index in [9.17, 15) is 9.59 Å². The van der Waals surface area contributed by atoms with Crippen LogP contribution in [0.4, 0.5) is 0 Å². The molecule has 0 unspecified atom stereocenters. The lowest BCUT2D eigenvalue weighted by atomic mass is 10.1. The van der Waals surface area contributed by atoms with Crippen molar-refractivity contribution in [3.63, 3.8) is 0 Å². The monoisotopic (exact) mass is 305 g/mol. The number of benzene rings is 1. The first kappa shape index (κ1) is 18.2. The van der Waals surface area contributed by atoms with Gasteiger partial charge in [0.25, 0.3) is 5.91 Å². The number of rotatable bonds is 9. The van der Waals surface area contributed by atoms with Crippen molar-refractivity contribution in [1.82, 2.24) is 4.90 Å². The number of carbonyl (C=O) groups excluding carboxylic acids is 2. The molecule has 0 fully saturated rings. The highest BCUT2D eigenvalue weighted by Crippen LogP contribution is 2.15. The van der Waals surface area contributed by atoms with Crippen LogP contribution in [0, 0.1) is 0 Å². The summed E-state index contributed by atoms with van der Waals surface area (Å²) in [6, 6.07) is 6.90. The fourth-order valence-corrected chi connectivity index (χ4v) is 2.24. The van der Waals surface area contributed by atoms with Crippen LogP contribution in [0.1, 0.15) is 67.2 Å². The maximum absolute atomic E-state index is 12.8. The number of hydrogen-bond donors (Lipinski definition) is 0. The second-order valence-corrected chi connectivity index (χ2v) is 5.27. The summed E-state index contributed by atoms with van der Waals surface area (Å²) in [5.41, 5.74) is 0.792. The minimum atomic E-state index is -0.433. The van der Waals surface area contributed by atoms with Gasteiger partial charge in [0.1, 0.15) is 0 Å². The number of esters is 1. The molecule has 0 aliphatic carbocycles. The molecule has 0 aliphatic heterocycles. The molecular weight excluding hydrogens is 278 g/mol. The van der Waals surface area contributed by atoms with E-state index < -0.39 is 5.97 Å². The van der Waals surface area contributed by atoms with Crippen molar-refractivity contribution >= 4 is 11.9 Å². The molecule has 0 heterocycles. The van der Waals surface area contributed by atoms with Crippen molar-refractivity contribution in [1.29, 1.82) is 0 Å². The van der Waals surface area contributed by atoms with Crippen LogP contribution in [-0.2, 0) is 4.74 Å². The summed E-state index contributed by atoms with van der Waals surface area (Å²) in [7, 11) is 0. The number of carbonyl (C=O) groups is 2. The Bertz CT molecular complexity index is 477. The van der Waals surface area contributed by atoms with Gasteiger partial charge in [0, 0.05) is 13.1 Å². The van der Waals surface area contributed by atoms with Gasteiger partial charge in [-0.2, -0.15) is 0 Å². The molecule has 4 heteroatoms. The summed E-state index contributed by atoms with van der Waals surface area (Å²) >= 11 is 0. The number of amides is 1. The van der Waals surface area contributed by atoms with Gasteiger partial charge < -0.3 is 9.64 Å². The molecule has 4 nitrogen and oxygen atoms in total. The lowest BCUT2D eigenvalue weighted by molar-refractivity contribution is 0.0518. The highest BCUT2D eigenvalue weighted by Gasteiger charge is 2.21. The standard InChI is InChI=1S/C18H27NO3/c1-4-7-13-19(14-8-5-2)17(20)15-11-9-10-12-16(15)18(21)22-6-3/h9-12H,4-8,13-14H2,1-3H3. The highest BCUT2D eigenvalue weighted by atomic mass is 16.5. The Morgan fingerprint density at radius 1 is 0.955 bits per heavy atom. The van der Waals surface area contributed by atoms with Crippen LogP contribution in [-0.4, -0.2) is 36.5 Å². The molecule has 0 saturated heterocycles. The molecule has 0 aliphatic rings. The summed E-state index contributed by atoms with van der Waals surface area (Å²) in [5.74, 6) is -0.511. The zero-order valence-electron chi connectivity index (χ0n) is 13.9. The van der Waals surface area contributed by atoms with Crippen LogP contribution >= 0.6 is 0 Å². The fraction of sp³-hybridized carbons (Fsp3) is 0.556. The molecule has 0 saturated carbocycles. The van der Waals surface area contributed by atoms with Gasteiger partial charge in [-0.15, -0.1) is 0 Å². The SMILES string of the molecule is CCCCN(CCCC)C(=O)c1ccccc1C(=O)OCC. The van der Waals surface area contributed by atoms with Gasteiger partial charge in [0.05, 0.1) is 17.7 Å². The second kappa shape index (κ2) is 9.98. The normalized spacial score (nSPS) is 10.3. The molecule has 1 rings (SSSR count). The molecule has 0 radical (unpaired) electrons. The maximum atomic E-state index is 12.8. The molecule has 122 valence electrons. The first-order valence-corrected chi connectivity index (χ1v) is 8.21. The van der Waals surface area contributed by atoms with Crippen LogP contribution in [0.5, 0.6) is 0 Å². The smallest absolute Gasteiger partial charge is 0.338 e. The van der Waals surface area contributed by atoms with Crippen molar-refractivity contribution in [2.24, 2.45) is 0 Å². The Morgan fingerprint density at radius 3 is 2.00 bits per heavy atom. The van der Waals surface area contributed by atoms with Gasteiger partial charge in [-0.25, -0.2) is 4.79 Å². The summed E-state index contributed by atoms with van der Waals surface area (Å²) in [4.78, 5) is 26.7. The minimum absolute atomic E-state index is 0.0782. The number of hydrogen-bond acceptors (Lipinski definition) is 3. The summed E-state index contributed by atoms with van der Waals surface area (Å²) < 4.78 is 5.05. The topological polar surface area (TPSA) is 46.6 Å². The highest BCUT2D eigenvalue weighted by molar-refractivity contribution is 6.05. The average molecular weight is 305 g/mol. The third-order valence-electron chi connectivity index (χ3n) is 3.50. The summed E-state index contributed by atoms with van der Waals surface area (Å²) in [6.07, 6.45) is 4.01. The van der Waals surface area contributed by atoms with Crippen LogP contribution in [0.2, 0.25) is 0 Å². The molecular formula is C18H27NO3. The van der Waals surface area contributed by atoms with Gasteiger partial charge in [-0.1, -0.05) is 38.8 Å². The van der Waals surface area contributed by atoms with E-state index in [2.05, 4.69) is 13.8 Å². The molecule has 1 aromatic carbocycles. The number of unbranched alkanes of at least 4 members (excludes halogenated alkanes) is 2. The zero-order valence-corrected chi connectivity index (χ0v) is 13.9. The number of nitrogens with zero attached hydrogens (tertiary/aromatic N) is 1. The van der Waals surface area contributed by atoms with Gasteiger partial charge in [0.2, 0.25) is 0 Å². The lowest BCUT2D eigenvalue weighted by Crippen LogP contribution is -2.34. The molecule has 0 atom stereocenters. The first-order chi connectivity index (χ1) is 10.7. The van der Waals surface area contributed by atoms with Gasteiger partial charge in [-0.05, 0) is 31.9 Å². The van der Waals surface area contributed by atoms with Crippen molar-refractivity contribution in [2.75, 3.05) is 19.7 Å². The van der Waals surface area contributed by atoms with E-state index in [1.54, 1.807) is 31.2 Å². The molecule has 0 spiro atoms. The van der Waals surface area contributed by atoms with Crippen LogP contribution in [0.3, 0.4) is 0 Å².